The van der Waals surface area contributed by atoms with Crippen LogP contribution in [0.2, 0.25) is 0 Å². The monoisotopic (exact) mass is 270 g/mol. The number of ether oxygens (including phenoxy) is 1. The third kappa shape index (κ3) is 6.50. The Balaban J connectivity index is 2.28. The van der Waals surface area contributed by atoms with Crippen LogP contribution in [0.25, 0.3) is 0 Å². The molecule has 0 bridgehead atoms. The maximum absolute atomic E-state index is 11.9. The third-order valence-corrected chi connectivity index (χ3v) is 3.39. The molecule has 112 valence electrons. The summed E-state index contributed by atoms with van der Waals surface area (Å²) in [4.78, 5) is 16.6. The van der Waals surface area contributed by atoms with Crippen molar-refractivity contribution in [1.82, 2.24) is 9.80 Å². The average molecular weight is 270 g/mol. The number of piperazine rings is 1. The summed E-state index contributed by atoms with van der Waals surface area (Å²) in [5.41, 5.74) is -0.00790. The van der Waals surface area contributed by atoms with E-state index in [1.807, 2.05) is 20.8 Å². The van der Waals surface area contributed by atoms with Crippen LogP contribution < -0.4 is 0 Å². The minimum atomic E-state index is -0.236. The highest BCUT2D eigenvalue weighted by molar-refractivity contribution is 5.81. The Morgan fingerprint density at radius 1 is 1.00 bits per heavy atom. The molecule has 0 aliphatic carbocycles. The first-order chi connectivity index (χ1) is 8.58. The van der Waals surface area contributed by atoms with E-state index < -0.39 is 0 Å². The summed E-state index contributed by atoms with van der Waals surface area (Å²) in [6, 6.07) is 0. The minimum absolute atomic E-state index is 0.180. The molecule has 0 aromatic carbocycles. The smallest absolute Gasteiger partial charge is 0.172 e. The first-order valence-electron chi connectivity index (χ1n) is 7.21. The minimum Gasteiger partial charge on any atom is -0.368 e. The second-order valence-electron chi connectivity index (χ2n) is 7.37. The lowest BCUT2D eigenvalue weighted by Gasteiger charge is -2.42. The van der Waals surface area contributed by atoms with Crippen LogP contribution in [0.5, 0.6) is 0 Å². The third-order valence-electron chi connectivity index (χ3n) is 3.39. The lowest BCUT2D eigenvalue weighted by Crippen LogP contribution is -2.54. The molecule has 4 heteroatoms. The number of rotatable bonds is 4. The maximum atomic E-state index is 11.9. The standard InChI is InChI=1S/C15H30N2O2/c1-14(2,3)17-9-7-16(8-10-17)11-13(18)12-19-15(4,5)6/h7-12H2,1-6H3. The van der Waals surface area contributed by atoms with Crippen molar-refractivity contribution in [3.63, 3.8) is 0 Å². The van der Waals surface area contributed by atoms with E-state index in [0.717, 1.165) is 26.2 Å². The second-order valence-corrected chi connectivity index (χ2v) is 7.37. The average Bonchev–Trinajstić information content (AvgIpc) is 2.25. The van der Waals surface area contributed by atoms with Crippen LogP contribution in [0.1, 0.15) is 41.5 Å². The summed E-state index contributed by atoms with van der Waals surface area (Å²) in [5.74, 6) is 0.180. The Hall–Kier alpha value is -0.450. The molecule has 0 N–H and O–H groups in total. The number of Topliss-reactive ketones (excluding diaryl/α,β-unsaturated/α-hetero) is 1. The van der Waals surface area contributed by atoms with Crippen molar-refractivity contribution < 1.29 is 9.53 Å². The van der Waals surface area contributed by atoms with Gasteiger partial charge in [0.2, 0.25) is 0 Å². The molecule has 0 spiro atoms. The molecule has 0 aromatic rings. The first-order valence-corrected chi connectivity index (χ1v) is 7.21. The van der Waals surface area contributed by atoms with Gasteiger partial charge in [0.1, 0.15) is 6.61 Å². The zero-order valence-electron chi connectivity index (χ0n) is 13.5. The van der Waals surface area contributed by atoms with Crippen molar-refractivity contribution in [2.75, 3.05) is 39.3 Å². The summed E-state index contributed by atoms with van der Waals surface area (Å²) in [6.45, 7) is 17.4. The highest BCUT2D eigenvalue weighted by Gasteiger charge is 2.26. The van der Waals surface area contributed by atoms with Gasteiger partial charge in [0.05, 0.1) is 12.1 Å². The normalized spacial score (nSPS) is 19.7. The van der Waals surface area contributed by atoms with Gasteiger partial charge in [0.15, 0.2) is 5.78 Å². The highest BCUT2D eigenvalue weighted by Crippen LogP contribution is 2.15. The summed E-state index contributed by atoms with van der Waals surface area (Å²) < 4.78 is 5.52. The fourth-order valence-corrected chi connectivity index (χ4v) is 2.17. The highest BCUT2D eigenvalue weighted by atomic mass is 16.5. The number of carbonyl (C=O) groups excluding carboxylic acids is 1. The number of hydrogen-bond donors (Lipinski definition) is 0. The van der Waals surface area contributed by atoms with Crippen LogP contribution in [-0.2, 0) is 9.53 Å². The largest absolute Gasteiger partial charge is 0.368 e. The van der Waals surface area contributed by atoms with Crippen LogP contribution >= 0.6 is 0 Å². The van der Waals surface area contributed by atoms with Crippen LogP contribution in [0.15, 0.2) is 0 Å². The molecule has 1 aliphatic heterocycles. The van der Waals surface area contributed by atoms with Gasteiger partial charge in [-0.2, -0.15) is 0 Å². The molecule has 0 amide bonds. The molecule has 0 atom stereocenters. The van der Waals surface area contributed by atoms with E-state index in [4.69, 9.17) is 4.74 Å². The van der Waals surface area contributed by atoms with E-state index in [-0.39, 0.29) is 23.5 Å². The van der Waals surface area contributed by atoms with E-state index in [9.17, 15) is 4.79 Å². The zero-order chi connectivity index (χ0) is 14.7. The fourth-order valence-electron chi connectivity index (χ4n) is 2.17. The van der Waals surface area contributed by atoms with E-state index >= 15 is 0 Å². The summed E-state index contributed by atoms with van der Waals surface area (Å²) in [6.07, 6.45) is 0. The number of ketones is 1. The Bertz CT molecular complexity index is 294. The topological polar surface area (TPSA) is 32.8 Å². The molecule has 0 aromatic heterocycles. The van der Waals surface area contributed by atoms with E-state index in [1.54, 1.807) is 0 Å². The molecule has 0 unspecified atom stereocenters. The number of hydrogen-bond acceptors (Lipinski definition) is 4. The Morgan fingerprint density at radius 3 is 1.95 bits per heavy atom. The van der Waals surface area contributed by atoms with Crippen molar-refractivity contribution in [3.8, 4) is 0 Å². The summed E-state index contributed by atoms with van der Waals surface area (Å²) in [5, 5.41) is 0. The first kappa shape index (κ1) is 16.6. The Kier molecular flexibility index (Phi) is 5.53. The van der Waals surface area contributed by atoms with Gasteiger partial charge in [0, 0.05) is 31.7 Å². The maximum Gasteiger partial charge on any atom is 0.172 e. The Labute approximate surface area is 118 Å². The van der Waals surface area contributed by atoms with Gasteiger partial charge >= 0.3 is 0 Å². The summed E-state index contributed by atoms with van der Waals surface area (Å²) >= 11 is 0. The quantitative estimate of drug-likeness (QED) is 0.780. The number of carbonyl (C=O) groups is 1. The molecule has 19 heavy (non-hydrogen) atoms. The molecular formula is C15H30N2O2. The van der Waals surface area contributed by atoms with Crippen molar-refractivity contribution in [1.29, 1.82) is 0 Å². The molecule has 1 rings (SSSR count). The van der Waals surface area contributed by atoms with Crippen LogP contribution in [0, 0.1) is 0 Å². The van der Waals surface area contributed by atoms with Gasteiger partial charge in [0.25, 0.3) is 0 Å². The molecule has 1 saturated heterocycles. The lowest BCUT2D eigenvalue weighted by atomic mass is 10.0. The number of nitrogens with zero attached hydrogens (tertiary/aromatic N) is 2. The van der Waals surface area contributed by atoms with Gasteiger partial charge in [-0.3, -0.25) is 14.6 Å². The van der Waals surface area contributed by atoms with Crippen LogP contribution in [-0.4, -0.2) is 66.1 Å². The zero-order valence-corrected chi connectivity index (χ0v) is 13.5. The van der Waals surface area contributed by atoms with Crippen molar-refractivity contribution in [2.45, 2.75) is 52.7 Å². The van der Waals surface area contributed by atoms with Crippen LogP contribution in [0.4, 0.5) is 0 Å². The Morgan fingerprint density at radius 2 is 1.53 bits per heavy atom. The molecule has 0 saturated carbocycles. The van der Waals surface area contributed by atoms with Gasteiger partial charge in [-0.1, -0.05) is 0 Å². The second kappa shape index (κ2) is 6.33. The molecular weight excluding hydrogens is 240 g/mol. The van der Waals surface area contributed by atoms with E-state index in [1.165, 1.54) is 0 Å². The SMILES string of the molecule is CC(C)(C)OCC(=O)CN1CCN(C(C)(C)C)CC1. The van der Waals surface area contributed by atoms with Gasteiger partial charge in [-0.05, 0) is 41.5 Å². The lowest BCUT2D eigenvalue weighted by molar-refractivity contribution is -0.130. The van der Waals surface area contributed by atoms with Gasteiger partial charge in [-0.15, -0.1) is 0 Å². The predicted molar refractivity (Wildman–Crippen MR) is 78.5 cm³/mol. The van der Waals surface area contributed by atoms with Gasteiger partial charge < -0.3 is 4.74 Å². The van der Waals surface area contributed by atoms with E-state index in [0.29, 0.717) is 6.54 Å². The fraction of sp³-hybridized carbons (Fsp3) is 0.933. The molecule has 0 radical (unpaired) electrons. The molecule has 4 nitrogen and oxygen atoms in total. The molecule has 1 heterocycles. The van der Waals surface area contributed by atoms with E-state index in [2.05, 4.69) is 30.6 Å². The predicted octanol–water partition coefficient (Wildman–Crippen LogP) is 1.79. The van der Waals surface area contributed by atoms with Crippen molar-refractivity contribution in [2.24, 2.45) is 0 Å². The van der Waals surface area contributed by atoms with Crippen molar-refractivity contribution in [3.05, 3.63) is 0 Å². The summed E-state index contributed by atoms with van der Waals surface area (Å²) in [7, 11) is 0. The molecule has 1 aliphatic rings. The van der Waals surface area contributed by atoms with Crippen LogP contribution in [0.3, 0.4) is 0 Å². The van der Waals surface area contributed by atoms with Crippen molar-refractivity contribution >= 4 is 5.78 Å². The van der Waals surface area contributed by atoms with Gasteiger partial charge in [-0.25, -0.2) is 0 Å². The molecule has 1 fully saturated rings.